The van der Waals surface area contributed by atoms with E-state index in [-0.39, 0.29) is 0 Å². The van der Waals surface area contributed by atoms with Crippen LogP contribution in [-0.2, 0) is 4.79 Å². The predicted molar refractivity (Wildman–Crippen MR) is 92.9 cm³/mol. The summed E-state index contributed by atoms with van der Waals surface area (Å²) in [6.07, 6.45) is 10.1. The lowest BCUT2D eigenvalue weighted by atomic mass is 10.0. The normalized spacial score (nSPS) is 32.8. The van der Waals surface area contributed by atoms with Crippen LogP contribution in [0.3, 0.4) is 0 Å². The Morgan fingerprint density at radius 3 is 2.26 bits per heavy atom. The Bertz CT molecular complexity index is 577. The Kier molecular flexibility index (Phi) is 3.98. The molecule has 3 saturated heterocycles. The third-order valence-corrected chi connectivity index (χ3v) is 5.99. The predicted octanol–water partition coefficient (Wildman–Crippen LogP) is 3.32. The molecule has 0 unspecified atom stereocenters. The van der Waals surface area contributed by atoms with Gasteiger partial charge in [0, 0.05) is 37.1 Å². The first kappa shape index (κ1) is 14.9. The van der Waals surface area contributed by atoms with Crippen molar-refractivity contribution in [3.8, 4) is 0 Å². The van der Waals surface area contributed by atoms with Gasteiger partial charge in [-0.1, -0.05) is 49.4 Å². The lowest BCUT2D eigenvalue weighted by Crippen LogP contribution is -2.61. The number of piperazine rings is 1. The summed E-state index contributed by atoms with van der Waals surface area (Å²) >= 11 is 0. The quantitative estimate of drug-likeness (QED) is 0.852. The summed E-state index contributed by atoms with van der Waals surface area (Å²) < 4.78 is 0. The van der Waals surface area contributed by atoms with E-state index < -0.39 is 0 Å². The first-order chi connectivity index (χ1) is 11.3. The van der Waals surface area contributed by atoms with Crippen LogP contribution in [0.4, 0.5) is 0 Å². The first-order valence-corrected chi connectivity index (χ1v) is 9.08. The smallest absolute Gasteiger partial charge is 0.222 e. The minimum absolute atomic E-state index is 0.369. The van der Waals surface area contributed by atoms with Gasteiger partial charge >= 0.3 is 0 Å². The van der Waals surface area contributed by atoms with Gasteiger partial charge in [0.05, 0.1) is 0 Å². The van der Waals surface area contributed by atoms with Crippen LogP contribution in [0.2, 0.25) is 0 Å². The van der Waals surface area contributed by atoms with E-state index in [0.717, 1.165) is 6.54 Å². The fraction of sp³-hybridized carbons (Fsp3) is 0.550. The molecule has 3 aliphatic heterocycles. The van der Waals surface area contributed by atoms with E-state index in [9.17, 15) is 4.79 Å². The highest BCUT2D eigenvalue weighted by atomic mass is 16.2. The molecule has 4 bridgehead atoms. The third kappa shape index (κ3) is 2.51. The second kappa shape index (κ2) is 6.12. The van der Waals surface area contributed by atoms with Crippen LogP contribution in [0.5, 0.6) is 0 Å². The lowest BCUT2D eigenvalue weighted by Gasteiger charge is -2.46. The highest BCUT2D eigenvalue weighted by molar-refractivity contribution is 5.77. The molecule has 1 amide bonds. The largest absolute Gasteiger partial charge is 0.334 e. The van der Waals surface area contributed by atoms with Crippen molar-refractivity contribution in [3.63, 3.8) is 0 Å². The summed E-state index contributed by atoms with van der Waals surface area (Å²) in [5.74, 6) is 0.369. The van der Waals surface area contributed by atoms with Gasteiger partial charge in [0.15, 0.2) is 0 Å². The molecule has 0 aliphatic carbocycles. The maximum atomic E-state index is 12.3. The third-order valence-electron chi connectivity index (χ3n) is 5.99. The van der Waals surface area contributed by atoms with E-state index in [0.29, 0.717) is 36.5 Å². The zero-order valence-corrected chi connectivity index (χ0v) is 13.9. The number of benzene rings is 1. The number of rotatable bonds is 4. The second-order valence-electron chi connectivity index (χ2n) is 7.09. The van der Waals surface area contributed by atoms with Crippen LogP contribution < -0.4 is 0 Å². The molecule has 3 aliphatic rings. The van der Waals surface area contributed by atoms with Crippen molar-refractivity contribution in [2.75, 3.05) is 6.54 Å². The number of nitrogens with zero attached hydrogens (tertiary/aromatic N) is 2. The van der Waals surface area contributed by atoms with Gasteiger partial charge in [0.1, 0.15) is 0 Å². The molecule has 1 aromatic carbocycles. The monoisotopic (exact) mass is 310 g/mol. The van der Waals surface area contributed by atoms with Crippen molar-refractivity contribution >= 4 is 12.0 Å². The molecule has 122 valence electrons. The van der Waals surface area contributed by atoms with Gasteiger partial charge in [-0.3, -0.25) is 9.69 Å². The molecule has 3 heterocycles. The van der Waals surface area contributed by atoms with Crippen LogP contribution in [0.1, 0.15) is 44.6 Å². The van der Waals surface area contributed by atoms with Gasteiger partial charge < -0.3 is 4.90 Å². The zero-order chi connectivity index (χ0) is 15.8. The molecule has 23 heavy (non-hydrogen) atoms. The van der Waals surface area contributed by atoms with Crippen molar-refractivity contribution in [1.82, 2.24) is 9.80 Å². The fourth-order valence-electron chi connectivity index (χ4n) is 5.07. The SMILES string of the molecule is CCC(=O)N1[C@@H]2CC[C@H]1[C@@H]1CC[C@H]2N1C/C=C/c1ccccc1. The molecule has 3 nitrogen and oxygen atoms in total. The minimum atomic E-state index is 0.369. The molecule has 4 rings (SSSR count). The molecule has 0 spiro atoms. The van der Waals surface area contributed by atoms with Gasteiger partial charge in [0.25, 0.3) is 0 Å². The van der Waals surface area contributed by atoms with Crippen LogP contribution in [-0.4, -0.2) is 46.4 Å². The number of hydrogen-bond acceptors (Lipinski definition) is 2. The van der Waals surface area contributed by atoms with Gasteiger partial charge in [-0.05, 0) is 31.2 Å². The molecule has 4 atom stereocenters. The highest BCUT2D eigenvalue weighted by Crippen LogP contribution is 2.45. The average Bonchev–Trinajstić information content (AvgIpc) is 3.09. The van der Waals surface area contributed by atoms with Crippen molar-refractivity contribution in [2.24, 2.45) is 0 Å². The first-order valence-electron chi connectivity index (χ1n) is 9.08. The maximum absolute atomic E-state index is 12.3. The Morgan fingerprint density at radius 2 is 1.65 bits per heavy atom. The molecule has 0 saturated carbocycles. The molecule has 3 fully saturated rings. The van der Waals surface area contributed by atoms with Gasteiger partial charge in [-0.15, -0.1) is 0 Å². The van der Waals surface area contributed by atoms with Crippen molar-refractivity contribution in [3.05, 3.63) is 42.0 Å². The number of hydrogen-bond donors (Lipinski definition) is 0. The van der Waals surface area contributed by atoms with Crippen LogP contribution in [0.25, 0.3) is 6.08 Å². The van der Waals surface area contributed by atoms with Crippen molar-refractivity contribution in [1.29, 1.82) is 0 Å². The van der Waals surface area contributed by atoms with Crippen LogP contribution >= 0.6 is 0 Å². The molecule has 0 N–H and O–H groups in total. The Labute approximate surface area is 139 Å². The van der Waals surface area contributed by atoms with E-state index >= 15 is 0 Å². The summed E-state index contributed by atoms with van der Waals surface area (Å²) in [6.45, 7) is 3.02. The minimum Gasteiger partial charge on any atom is -0.334 e. The van der Waals surface area contributed by atoms with Gasteiger partial charge in [-0.25, -0.2) is 0 Å². The van der Waals surface area contributed by atoms with Crippen molar-refractivity contribution in [2.45, 2.75) is 63.2 Å². The zero-order valence-electron chi connectivity index (χ0n) is 13.9. The standard InChI is InChI=1S/C20H26N2O/c1-2-20(23)22-18-12-13-19(22)17-11-10-16(18)21(17)14-6-9-15-7-4-3-5-8-15/h3-9,16-19H,2,10-14H2,1H3/b9-6+/t16-,17+,18-,19+. The molecular weight excluding hydrogens is 284 g/mol. The Morgan fingerprint density at radius 1 is 1.04 bits per heavy atom. The topological polar surface area (TPSA) is 23.6 Å². The average molecular weight is 310 g/mol. The fourth-order valence-corrected chi connectivity index (χ4v) is 5.07. The Hall–Kier alpha value is -1.61. The molecule has 3 heteroatoms. The van der Waals surface area contributed by atoms with E-state index in [4.69, 9.17) is 0 Å². The molecule has 0 aromatic heterocycles. The molecule has 1 aromatic rings. The van der Waals surface area contributed by atoms with E-state index in [1.54, 1.807) is 0 Å². The number of carbonyl (C=O) groups is 1. The summed E-state index contributed by atoms with van der Waals surface area (Å²) in [4.78, 5) is 17.3. The summed E-state index contributed by atoms with van der Waals surface area (Å²) in [5, 5.41) is 0. The Balaban J connectivity index is 1.48. The number of carbonyl (C=O) groups excluding carboxylic acids is 1. The summed E-state index contributed by atoms with van der Waals surface area (Å²) in [5.41, 5.74) is 1.27. The maximum Gasteiger partial charge on any atom is 0.222 e. The number of amides is 1. The summed E-state index contributed by atoms with van der Waals surface area (Å²) in [7, 11) is 0. The van der Waals surface area contributed by atoms with Gasteiger partial charge in [0.2, 0.25) is 5.91 Å². The molecular formula is C20H26N2O. The lowest BCUT2D eigenvalue weighted by molar-refractivity contribution is -0.139. The summed E-state index contributed by atoms with van der Waals surface area (Å²) in [6, 6.07) is 12.6. The van der Waals surface area contributed by atoms with Crippen LogP contribution in [0, 0.1) is 0 Å². The van der Waals surface area contributed by atoms with E-state index in [1.807, 2.05) is 6.92 Å². The van der Waals surface area contributed by atoms with E-state index in [1.165, 1.54) is 31.2 Å². The highest BCUT2D eigenvalue weighted by Gasteiger charge is 2.55. The second-order valence-corrected chi connectivity index (χ2v) is 7.09. The molecule has 0 radical (unpaired) electrons. The number of fused-ring (bicyclic) bond motifs is 6. The van der Waals surface area contributed by atoms with E-state index in [2.05, 4.69) is 52.3 Å². The van der Waals surface area contributed by atoms with Crippen molar-refractivity contribution < 1.29 is 4.79 Å². The van der Waals surface area contributed by atoms with Crippen LogP contribution in [0.15, 0.2) is 36.4 Å². The van der Waals surface area contributed by atoms with Gasteiger partial charge in [-0.2, -0.15) is 0 Å².